The maximum atomic E-state index is 12.4. The van der Waals surface area contributed by atoms with Crippen molar-refractivity contribution in [3.8, 4) is 11.5 Å². The number of hydrogen-bond donors (Lipinski definition) is 2. The number of para-hydroxylation sites is 1. The molecule has 0 atom stereocenters. The molecule has 0 aliphatic carbocycles. The first-order valence-corrected chi connectivity index (χ1v) is 12.7. The number of anilines is 1. The van der Waals surface area contributed by atoms with Crippen molar-refractivity contribution in [2.75, 3.05) is 18.0 Å². The first-order chi connectivity index (χ1) is 15.3. The van der Waals surface area contributed by atoms with Gasteiger partial charge in [0.1, 0.15) is 10.6 Å². The molecule has 0 radical (unpaired) electrons. The third kappa shape index (κ3) is 7.53. The standard InChI is InChI=1S/C24H34N2O5S/c1-3-5-7-12-16-26(15-11-6-4-2)21-17-19(24(27)28)18-22(32(25,29)30)23(21)31-20-13-9-8-10-14-20/h8-10,13-14,17-18H,3-7,11-12,15-16H2,1-2H3,(H,27,28)(H2,25,29,30). The highest BCUT2D eigenvalue weighted by Crippen LogP contribution is 2.39. The quantitative estimate of drug-likeness (QED) is 0.364. The van der Waals surface area contributed by atoms with E-state index in [2.05, 4.69) is 13.8 Å². The molecule has 2 aromatic carbocycles. The minimum absolute atomic E-state index is 0.0655. The average molecular weight is 463 g/mol. The highest BCUT2D eigenvalue weighted by atomic mass is 32.2. The minimum Gasteiger partial charge on any atom is -0.478 e. The van der Waals surface area contributed by atoms with E-state index in [0.717, 1.165) is 51.0 Å². The second kappa shape index (κ2) is 12.5. The maximum Gasteiger partial charge on any atom is 0.335 e. The summed E-state index contributed by atoms with van der Waals surface area (Å²) in [5.41, 5.74) is 0.295. The van der Waals surface area contributed by atoms with E-state index in [1.807, 2.05) is 11.0 Å². The maximum absolute atomic E-state index is 12.4. The molecule has 32 heavy (non-hydrogen) atoms. The number of hydrogen-bond acceptors (Lipinski definition) is 5. The summed E-state index contributed by atoms with van der Waals surface area (Å²) >= 11 is 0. The van der Waals surface area contributed by atoms with E-state index < -0.39 is 16.0 Å². The third-order valence-corrected chi connectivity index (χ3v) is 6.12. The topological polar surface area (TPSA) is 110 Å². The molecule has 176 valence electrons. The predicted molar refractivity (Wildman–Crippen MR) is 127 cm³/mol. The first kappa shape index (κ1) is 25.7. The molecule has 0 amide bonds. The summed E-state index contributed by atoms with van der Waals surface area (Å²) in [6, 6.07) is 11.4. The Morgan fingerprint density at radius 3 is 2.12 bits per heavy atom. The number of carbonyl (C=O) groups is 1. The molecule has 2 aromatic rings. The summed E-state index contributed by atoms with van der Waals surface area (Å²) in [6.45, 7) is 5.58. The van der Waals surface area contributed by atoms with Crippen LogP contribution >= 0.6 is 0 Å². The van der Waals surface area contributed by atoms with Gasteiger partial charge in [-0.1, -0.05) is 64.2 Å². The molecule has 7 nitrogen and oxygen atoms in total. The van der Waals surface area contributed by atoms with Crippen molar-refractivity contribution in [2.45, 2.75) is 63.7 Å². The van der Waals surface area contributed by atoms with Crippen LogP contribution in [-0.4, -0.2) is 32.6 Å². The highest BCUT2D eigenvalue weighted by Gasteiger charge is 2.26. The molecule has 0 bridgehead atoms. The van der Waals surface area contributed by atoms with Gasteiger partial charge in [0.2, 0.25) is 10.0 Å². The lowest BCUT2D eigenvalue weighted by Crippen LogP contribution is -2.27. The average Bonchev–Trinajstić information content (AvgIpc) is 2.75. The normalized spacial score (nSPS) is 11.3. The van der Waals surface area contributed by atoms with Gasteiger partial charge in [-0.25, -0.2) is 18.4 Å². The molecule has 0 fully saturated rings. The Kier molecular flexibility index (Phi) is 9.99. The summed E-state index contributed by atoms with van der Waals surface area (Å²) in [7, 11) is -4.23. The van der Waals surface area contributed by atoms with Crippen molar-refractivity contribution >= 4 is 21.7 Å². The number of benzene rings is 2. The molecular formula is C24H34N2O5S. The smallest absolute Gasteiger partial charge is 0.335 e. The fraction of sp³-hybridized carbons (Fsp3) is 0.458. The van der Waals surface area contributed by atoms with Gasteiger partial charge in [-0.2, -0.15) is 0 Å². The zero-order valence-electron chi connectivity index (χ0n) is 18.9. The fourth-order valence-corrected chi connectivity index (χ4v) is 4.20. The Hall–Kier alpha value is -2.58. The number of primary sulfonamides is 1. The van der Waals surface area contributed by atoms with Crippen LogP contribution < -0.4 is 14.8 Å². The van der Waals surface area contributed by atoms with Crippen molar-refractivity contribution in [2.24, 2.45) is 5.14 Å². The van der Waals surface area contributed by atoms with E-state index in [1.165, 1.54) is 6.07 Å². The number of carboxylic acids is 1. The lowest BCUT2D eigenvalue weighted by molar-refractivity contribution is 0.0696. The molecule has 0 unspecified atom stereocenters. The van der Waals surface area contributed by atoms with E-state index in [9.17, 15) is 18.3 Å². The monoisotopic (exact) mass is 462 g/mol. The summed E-state index contributed by atoms with van der Waals surface area (Å²) in [6.07, 6.45) is 7.10. The molecule has 0 aliphatic rings. The third-order valence-electron chi connectivity index (χ3n) is 5.21. The lowest BCUT2D eigenvalue weighted by Gasteiger charge is -2.28. The number of rotatable bonds is 14. The number of nitrogens with zero attached hydrogens (tertiary/aromatic N) is 1. The van der Waals surface area contributed by atoms with Crippen LogP contribution in [0.2, 0.25) is 0 Å². The number of carboxylic acid groups (broad SMARTS) is 1. The van der Waals surface area contributed by atoms with Crippen LogP contribution in [0.1, 0.15) is 69.2 Å². The van der Waals surface area contributed by atoms with Gasteiger partial charge in [0.25, 0.3) is 0 Å². The molecule has 2 rings (SSSR count). The number of aromatic carboxylic acids is 1. The van der Waals surface area contributed by atoms with Crippen LogP contribution in [0.4, 0.5) is 5.69 Å². The Labute approximate surface area is 191 Å². The van der Waals surface area contributed by atoms with Gasteiger partial charge < -0.3 is 14.7 Å². The van der Waals surface area contributed by atoms with Gasteiger partial charge in [0.15, 0.2) is 5.75 Å². The van der Waals surface area contributed by atoms with Gasteiger partial charge in [0, 0.05) is 13.1 Å². The summed E-state index contributed by atoms with van der Waals surface area (Å²) in [5, 5.41) is 15.1. The Bertz CT molecular complexity index is 977. The molecule has 0 aliphatic heterocycles. The van der Waals surface area contributed by atoms with Gasteiger partial charge in [0.05, 0.1) is 11.3 Å². The van der Waals surface area contributed by atoms with Crippen LogP contribution in [0.15, 0.2) is 47.4 Å². The van der Waals surface area contributed by atoms with E-state index in [-0.39, 0.29) is 16.2 Å². The second-order valence-electron chi connectivity index (χ2n) is 7.84. The zero-order valence-corrected chi connectivity index (χ0v) is 19.7. The number of nitrogens with two attached hydrogens (primary N) is 1. The Morgan fingerprint density at radius 1 is 0.969 bits per heavy atom. The number of unbranched alkanes of at least 4 members (excludes halogenated alkanes) is 5. The summed E-state index contributed by atoms with van der Waals surface area (Å²) in [4.78, 5) is 13.5. The number of sulfonamides is 1. The molecule has 8 heteroatoms. The van der Waals surface area contributed by atoms with Crippen molar-refractivity contribution in [1.82, 2.24) is 0 Å². The molecule has 0 saturated heterocycles. The molecular weight excluding hydrogens is 428 g/mol. The predicted octanol–water partition coefficient (Wildman–Crippen LogP) is 5.40. The molecule has 0 heterocycles. The lowest BCUT2D eigenvalue weighted by atomic mass is 10.1. The van der Waals surface area contributed by atoms with Crippen LogP contribution in [0.5, 0.6) is 11.5 Å². The molecule has 0 saturated carbocycles. The Balaban J connectivity index is 2.61. The van der Waals surface area contributed by atoms with Crippen LogP contribution in [-0.2, 0) is 10.0 Å². The van der Waals surface area contributed by atoms with E-state index >= 15 is 0 Å². The highest BCUT2D eigenvalue weighted by molar-refractivity contribution is 7.89. The summed E-state index contributed by atoms with van der Waals surface area (Å²) < 4.78 is 30.9. The van der Waals surface area contributed by atoms with Gasteiger partial charge in [-0.3, -0.25) is 0 Å². The largest absolute Gasteiger partial charge is 0.478 e. The molecule has 3 N–H and O–H groups in total. The van der Waals surface area contributed by atoms with E-state index in [0.29, 0.717) is 24.5 Å². The first-order valence-electron chi connectivity index (χ1n) is 11.2. The fourth-order valence-electron chi connectivity index (χ4n) is 3.50. The van der Waals surface area contributed by atoms with Gasteiger partial charge >= 0.3 is 5.97 Å². The summed E-state index contributed by atoms with van der Waals surface area (Å²) in [5.74, 6) is -0.709. The second-order valence-corrected chi connectivity index (χ2v) is 9.37. The van der Waals surface area contributed by atoms with Crippen LogP contribution in [0.3, 0.4) is 0 Å². The van der Waals surface area contributed by atoms with Crippen LogP contribution in [0, 0.1) is 0 Å². The molecule has 0 spiro atoms. The van der Waals surface area contributed by atoms with Gasteiger partial charge in [-0.05, 0) is 37.1 Å². The van der Waals surface area contributed by atoms with Crippen LogP contribution in [0.25, 0.3) is 0 Å². The van der Waals surface area contributed by atoms with Gasteiger partial charge in [-0.15, -0.1) is 0 Å². The zero-order chi connectivity index (χ0) is 23.6. The van der Waals surface area contributed by atoms with Crippen molar-refractivity contribution in [1.29, 1.82) is 0 Å². The minimum atomic E-state index is -4.23. The van der Waals surface area contributed by atoms with E-state index in [1.54, 1.807) is 24.3 Å². The SMILES string of the molecule is CCCCCCN(CCCCC)c1cc(C(=O)O)cc(S(N)(=O)=O)c1Oc1ccccc1. The van der Waals surface area contributed by atoms with Crippen molar-refractivity contribution < 1.29 is 23.1 Å². The number of ether oxygens (including phenoxy) is 1. The Morgan fingerprint density at radius 2 is 1.56 bits per heavy atom. The molecule has 0 aromatic heterocycles. The van der Waals surface area contributed by atoms with E-state index in [4.69, 9.17) is 9.88 Å². The van der Waals surface area contributed by atoms with Crippen molar-refractivity contribution in [3.63, 3.8) is 0 Å². The van der Waals surface area contributed by atoms with Crippen molar-refractivity contribution in [3.05, 3.63) is 48.0 Å².